The average molecular weight is 336 g/mol. The van der Waals surface area contributed by atoms with Crippen LogP contribution in [0.3, 0.4) is 0 Å². The van der Waals surface area contributed by atoms with Crippen molar-refractivity contribution in [2.24, 2.45) is 11.7 Å². The van der Waals surface area contributed by atoms with Gasteiger partial charge in [0.05, 0.1) is 0 Å². The van der Waals surface area contributed by atoms with E-state index >= 15 is 0 Å². The van der Waals surface area contributed by atoms with Gasteiger partial charge in [0, 0.05) is 9.61 Å². The summed E-state index contributed by atoms with van der Waals surface area (Å²) in [5.41, 5.74) is 8.50. The van der Waals surface area contributed by atoms with Crippen LogP contribution in [0.4, 0.5) is 0 Å². The van der Waals surface area contributed by atoms with Crippen LogP contribution in [0.5, 0.6) is 0 Å². The van der Waals surface area contributed by atoms with E-state index in [1.54, 1.807) is 0 Å². The molecule has 2 rings (SSSR count). The third-order valence-electron chi connectivity index (χ3n) is 2.69. The Morgan fingerprint density at radius 1 is 1.40 bits per heavy atom. The van der Waals surface area contributed by atoms with Crippen molar-refractivity contribution in [2.75, 3.05) is 0 Å². The Kier molecular flexibility index (Phi) is 4.62. The predicted molar refractivity (Wildman–Crippen MR) is 76.1 cm³/mol. The van der Waals surface area contributed by atoms with Crippen LogP contribution in [-0.2, 0) is 0 Å². The molecule has 0 amide bonds. The van der Waals surface area contributed by atoms with E-state index in [2.05, 4.69) is 59.9 Å². The monoisotopic (exact) mass is 335 g/mol. The quantitative estimate of drug-likeness (QED) is 0.823. The average Bonchev–Trinajstić information content (AvgIpc) is 2.87. The molecule has 1 unspecified atom stereocenters. The molecule has 3 heteroatoms. The SMILES string of the molecule is CC(=Cc1ccc(I)cc1)[C@@H]1CC1N.Cl. The Hall–Kier alpha value is -0.0600. The summed E-state index contributed by atoms with van der Waals surface area (Å²) in [6.45, 7) is 2.18. The standard InChI is InChI=1S/C12H14IN.ClH/c1-8(11-7-12(11)14)6-9-2-4-10(13)5-3-9;/h2-6,11-12H,7,14H2,1H3;1H/t11-,12?;/m0./s1. The summed E-state index contributed by atoms with van der Waals surface area (Å²) in [7, 11) is 0. The maximum absolute atomic E-state index is 5.80. The van der Waals surface area contributed by atoms with Gasteiger partial charge in [0.1, 0.15) is 0 Å². The molecule has 2 N–H and O–H groups in total. The van der Waals surface area contributed by atoms with Crippen LogP contribution in [0.15, 0.2) is 29.8 Å². The van der Waals surface area contributed by atoms with E-state index in [-0.39, 0.29) is 12.4 Å². The molecule has 0 bridgehead atoms. The highest BCUT2D eigenvalue weighted by Crippen LogP contribution is 2.35. The Labute approximate surface area is 111 Å². The number of hydrogen-bond acceptors (Lipinski definition) is 1. The highest BCUT2D eigenvalue weighted by atomic mass is 127. The minimum absolute atomic E-state index is 0. The molecule has 1 aromatic carbocycles. The fraction of sp³-hybridized carbons (Fsp3) is 0.333. The lowest BCUT2D eigenvalue weighted by Gasteiger charge is -1.99. The van der Waals surface area contributed by atoms with Gasteiger partial charge in [0.15, 0.2) is 0 Å². The number of benzene rings is 1. The predicted octanol–water partition coefficient (Wildman–Crippen LogP) is 3.46. The van der Waals surface area contributed by atoms with Gasteiger partial charge in [-0.25, -0.2) is 0 Å². The van der Waals surface area contributed by atoms with Gasteiger partial charge in [-0.05, 0) is 59.5 Å². The van der Waals surface area contributed by atoms with Gasteiger partial charge in [-0.2, -0.15) is 0 Å². The van der Waals surface area contributed by atoms with Crippen LogP contribution in [0, 0.1) is 9.49 Å². The van der Waals surface area contributed by atoms with E-state index in [1.165, 1.54) is 14.7 Å². The first kappa shape index (κ1) is 13.0. The summed E-state index contributed by atoms with van der Waals surface area (Å²) in [6, 6.07) is 8.98. The zero-order chi connectivity index (χ0) is 10.1. The van der Waals surface area contributed by atoms with Crippen LogP contribution < -0.4 is 5.73 Å². The summed E-state index contributed by atoms with van der Waals surface area (Å²) in [4.78, 5) is 0. The summed E-state index contributed by atoms with van der Waals surface area (Å²) in [5, 5.41) is 0. The molecular weight excluding hydrogens is 320 g/mol. The van der Waals surface area contributed by atoms with E-state index in [9.17, 15) is 0 Å². The van der Waals surface area contributed by atoms with Crippen molar-refractivity contribution < 1.29 is 0 Å². The second-order valence-electron chi connectivity index (χ2n) is 3.95. The molecule has 15 heavy (non-hydrogen) atoms. The molecule has 0 aliphatic heterocycles. The Bertz CT molecular complexity index is 358. The minimum atomic E-state index is 0. The van der Waals surface area contributed by atoms with Crippen molar-refractivity contribution in [3.8, 4) is 0 Å². The Morgan fingerprint density at radius 2 is 1.93 bits per heavy atom. The van der Waals surface area contributed by atoms with E-state index in [1.807, 2.05) is 0 Å². The fourth-order valence-corrected chi connectivity index (χ4v) is 2.03. The molecule has 0 spiro atoms. The molecule has 0 saturated heterocycles. The van der Waals surface area contributed by atoms with E-state index in [4.69, 9.17) is 5.73 Å². The lowest BCUT2D eigenvalue weighted by Crippen LogP contribution is -2.02. The lowest BCUT2D eigenvalue weighted by atomic mass is 10.1. The first-order chi connectivity index (χ1) is 6.66. The van der Waals surface area contributed by atoms with Gasteiger partial charge in [0.2, 0.25) is 0 Å². The fourth-order valence-electron chi connectivity index (χ4n) is 1.67. The van der Waals surface area contributed by atoms with Gasteiger partial charge in [-0.1, -0.05) is 23.8 Å². The van der Waals surface area contributed by atoms with Crippen LogP contribution in [0.25, 0.3) is 6.08 Å². The largest absolute Gasteiger partial charge is 0.327 e. The Balaban J connectivity index is 0.00000112. The van der Waals surface area contributed by atoms with Crippen LogP contribution in [0.1, 0.15) is 18.9 Å². The zero-order valence-corrected chi connectivity index (χ0v) is 11.6. The molecule has 0 radical (unpaired) electrons. The first-order valence-electron chi connectivity index (χ1n) is 4.86. The van der Waals surface area contributed by atoms with Gasteiger partial charge in [0.25, 0.3) is 0 Å². The zero-order valence-electron chi connectivity index (χ0n) is 8.61. The van der Waals surface area contributed by atoms with Crippen molar-refractivity contribution in [3.63, 3.8) is 0 Å². The topological polar surface area (TPSA) is 26.0 Å². The second kappa shape index (κ2) is 5.32. The molecule has 1 saturated carbocycles. The van der Waals surface area contributed by atoms with Gasteiger partial charge < -0.3 is 5.73 Å². The minimum Gasteiger partial charge on any atom is -0.327 e. The number of halogens is 2. The molecule has 1 aromatic rings. The highest BCUT2D eigenvalue weighted by molar-refractivity contribution is 14.1. The molecule has 1 aliphatic carbocycles. The van der Waals surface area contributed by atoms with Crippen LogP contribution in [-0.4, -0.2) is 6.04 Å². The van der Waals surface area contributed by atoms with Gasteiger partial charge >= 0.3 is 0 Å². The summed E-state index contributed by atoms with van der Waals surface area (Å²) in [5.74, 6) is 0.634. The molecule has 1 aliphatic rings. The van der Waals surface area contributed by atoms with Crippen LogP contribution in [0.2, 0.25) is 0 Å². The number of rotatable bonds is 2. The van der Waals surface area contributed by atoms with Crippen molar-refractivity contribution in [2.45, 2.75) is 19.4 Å². The first-order valence-corrected chi connectivity index (χ1v) is 5.94. The summed E-state index contributed by atoms with van der Waals surface area (Å²) >= 11 is 2.32. The Morgan fingerprint density at radius 3 is 2.40 bits per heavy atom. The maximum atomic E-state index is 5.80. The molecule has 1 nitrogen and oxygen atoms in total. The molecular formula is C12H15ClIN. The van der Waals surface area contributed by atoms with E-state index in [0.29, 0.717) is 12.0 Å². The lowest BCUT2D eigenvalue weighted by molar-refractivity contribution is 0.924. The summed E-state index contributed by atoms with van der Waals surface area (Å²) in [6.07, 6.45) is 3.40. The van der Waals surface area contributed by atoms with Crippen molar-refractivity contribution >= 4 is 41.1 Å². The van der Waals surface area contributed by atoms with Crippen LogP contribution >= 0.6 is 35.0 Å². The van der Waals surface area contributed by atoms with E-state index in [0.717, 1.165) is 6.42 Å². The van der Waals surface area contributed by atoms with Gasteiger partial charge in [-0.3, -0.25) is 0 Å². The van der Waals surface area contributed by atoms with Gasteiger partial charge in [-0.15, -0.1) is 12.4 Å². The number of hydrogen-bond donors (Lipinski definition) is 1. The summed E-state index contributed by atoms with van der Waals surface area (Å²) < 4.78 is 1.28. The highest BCUT2D eigenvalue weighted by Gasteiger charge is 2.34. The molecule has 0 aromatic heterocycles. The maximum Gasteiger partial charge on any atom is 0.0130 e. The van der Waals surface area contributed by atoms with Crippen molar-refractivity contribution in [1.82, 2.24) is 0 Å². The second-order valence-corrected chi connectivity index (χ2v) is 5.19. The van der Waals surface area contributed by atoms with E-state index < -0.39 is 0 Å². The normalized spacial score (nSPS) is 24.6. The van der Waals surface area contributed by atoms with Crippen molar-refractivity contribution in [1.29, 1.82) is 0 Å². The number of nitrogens with two attached hydrogens (primary N) is 1. The molecule has 1 fully saturated rings. The molecule has 82 valence electrons. The third kappa shape index (κ3) is 3.47. The smallest absolute Gasteiger partial charge is 0.0130 e. The van der Waals surface area contributed by atoms with Crippen molar-refractivity contribution in [3.05, 3.63) is 39.0 Å². The molecule has 0 heterocycles. The third-order valence-corrected chi connectivity index (χ3v) is 3.41. The molecule has 2 atom stereocenters.